The van der Waals surface area contributed by atoms with Crippen molar-refractivity contribution < 1.29 is 8.78 Å². The molecule has 2 unspecified atom stereocenters. The van der Waals surface area contributed by atoms with Crippen molar-refractivity contribution in [3.05, 3.63) is 35.4 Å². The van der Waals surface area contributed by atoms with E-state index in [1.807, 2.05) is 0 Å². The fourth-order valence-electron chi connectivity index (χ4n) is 1.77. The van der Waals surface area contributed by atoms with E-state index in [0.29, 0.717) is 17.9 Å². The SMILES string of the molecule is CC(CC(Cl)Cc1cccc(F)c1F)C(C)(C)C. The van der Waals surface area contributed by atoms with Gasteiger partial charge in [0.15, 0.2) is 11.6 Å². The lowest BCUT2D eigenvalue weighted by Gasteiger charge is -2.29. The monoisotopic (exact) mass is 274 g/mol. The van der Waals surface area contributed by atoms with Crippen LogP contribution < -0.4 is 0 Å². The average Bonchev–Trinajstić information content (AvgIpc) is 2.23. The number of rotatable bonds is 4. The van der Waals surface area contributed by atoms with Crippen LogP contribution in [0.1, 0.15) is 39.7 Å². The topological polar surface area (TPSA) is 0 Å². The van der Waals surface area contributed by atoms with Gasteiger partial charge in [-0.3, -0.25) is 0 Å². The first-order chi connectivity index (χ1) is 8.21. The zero-order valence-electron chi connectivity index (χ0n) is 11.4. The van der Waals surface area contributed by atoms with E-state index >= 15 is 0 Å². The molecule has 0 fully saturated rings. The minimum atomic E-state index is -0.805. The summed E-state index contributed by atoms with van der Waals surface area (Å²) in [4.78, 5) is 0. The summed E-state index contributed by atoms with van der Waals surface area (Å²) >= 11 is 6.25. The van der Waals surface area contributed by atoms with Gasteiger partial charge in [0.2, 0.25) is 0 Å². The summed E-state index contributed by atoms with van der Waals surface area (Å²) in [5, 5.41) is -0.171. The summed E-state index contributed by atoms with van der Waals surface area (Å²) in [5.41, 5.74) is 0.532. The van der Waals surface area contributed by atoms with Gasteiger partial charge in [-0.15, -0.1) is 11.6 Å². The van der Waals surface area contributed by atoms with Crippen molar-refractivity contribution in [2.75, 3.05) is 0 Å². The molecule has 0 heterocycles. The highest BCUT2D eigenvalue weighted by Crippen LogP contribution is 2.31. The number of hydrogen-bond acceptors (Lipinski definition) is 0. The molecule has 102 valence electrons. The molecular weight excluding hydrogens is 254 g/mol. The molecule has 2 atom stereocenters. The lowest BCUT2D eigenvalue weighted by molar-refractivity contribution is 0.244. The molecule has 0 amide bonds. The van der Waals surface area contributed by atoms with Crippen LogP contribution >= 0.6 is 11.6 Å². The highest BCUT2D eigenvalue weighted by Gasteiger charge is 2.23. The van der Waals surface area contributed by atoms with E-state index in [4.69, 9.17) is 11.6 Å². The summed E-state index contributed by atoms with van der Waals surface area (Å²) in [6.07, 6.45) is 1.16. The minimum absolute atomic E-state index is 0.171. The van der Waals surface area contributed by atoms with Crippen LogP contribution in [0.5, 0.6) is 0 Å². The van der Waals surface area contributed by atoms with Crippen LogP contribution in [0.3, 0.4) is 0 Å². The molecule has 0 aliphatic rings. The Morgan fingerprint density at radius 1 is 1.22 bits per heavy atom. The quantitative estimate of drug-likeness (QED) is 0.663. The molecule has 0 aliphatic heterocycles. The highest BCUT2D eigenvalue weighted by molar-refractivity contribution is 6.20. The van der Waals surface area contributed by atoms with Crippen LogP contribution in [0.4, 0.5) is 8.78 Å². The largest absolute Gasteiger partial charge is 0.204 e. The van der Waals surface area contributed by atoms with Gasteiger partial charge in [-0.1, -0.05) is 39.8 Å². The van der Waals surface area contributed by atoms with Crippen molar-refractivity contribution in [3.63, 3.8) is 0 Å². The Morgan fingerprint density at radius 2 is 1.83 bits per heavy atom. The molecule has 0 bridgehead atoms. The standard InChI is InChI=1S/C15H21ClF2/c1-10(15(2,3)4)8-12(16)9-11-6-5-7-13(17)14(11)18/h5-7,10,12H,8-9H2,1-4H3. The van der Waals surface area contributed by atoms with Crippen molar-refractivity contribution >= 4 is 11.6 Å². The van der Waals surface area contributed by atoms with Crippen molar-refractivity contribution in [3.8, 4) is 0 Å². The maximum absolute atomic E-state index is 13.5. The molecular formula is C15H21ClF2. The predicted octanol–water partition coefficient (Wildman–Crippen LogP) is 5.19. The van der Waals surface area contributed by atoms with E-state index in [-0.39, 0.29) is 10.8 Å². The van der Waals surface area contributed by atoms with Crippen LogP contribution in [0.25, 0.3) is 0 Å². The second-order valence-corrected chi connectivity index (χ2v) is 6.63. The summed E-state index contributed by atoms with van der Waals surface area (Å²) in [5.74, 6) is -1.15. The van der Waals surface area contributed by atoms with E-state index in [1.54, 1.807) is 6.07 Å². The maximum Gasteiger partial charge on any atom is 0.162 e. The van der Waals surface area contributed by atoms with E-state index in [2.05, 4.69) is 27.7 Å². The first-order valence-corrected chi connectivity index (χ1v) is 6.72. The smallest absolute Gasteiger partial charge is 0.162 e. The Hall–Kier alpha value is -0.630. The normalized spacial score (nSPS) is 15.5. The average molecular weight is 275 g/mol. The maximum atomic E-state index is 13.5. The van der Waals surface area contributed by atoms with Gasteiger partial charge in [-0.05, 0) is 35.8 Å². The molecule has 18 heavy (non-hydrogen) atoms. The Bertz CT molecular complexity index is 396. The van der Waals surface area contributed by atoms with Gasteiger partial charge in [0.05, 0.1) is 0 Å². The van der Waals surface area contributed by atoms with Gasteiger partial charge in [-0.25, -0.2) is 8.78 Å². The van der Waals surface area contributed by atoms with Gasteiger partial charge in [0.1, 0.15) is 0 Å². The van der Waals surface area contributed by atoms with E-state index in [0.717, 1.165) is 12.5 Å². The molecule has 1 aromatic rings. The van der Waals surface area contributed by atoms with Crippen LogP contribution in [-0.2, 0) is 6.42 Å². The molecule has 0 saturated carbocycles. The van der Waals surface area contributed by atoms with Gasteiger partial charge < -0.3 is 0 Å². The Kier molecular flexibility index (Phi) is 5.15. The van der Waals surface area contributed by atoms with E-state index < -0.39 is 11.6 Å². The summed E-state index contributed by atoms with van der Waals surface area (Å²) in [6.45, 7) is 8.61. The summed E-state index contributed by atoms with van der Waals surface area (Å²) in [6, 6.07) is 4.24. The van der Waals surface area contributed by atoms with Crippen LogP contribution in [0, 0.1) is 23.0 Å². The predicted molar refractivity (Wildman–Crippen MR) is 72.9 cm³/mol. The van der Waals surface area contributed by atoms with Gasteiger partial charge >= 0.3 is 0 Å². The molecule has 0 radical (unpaired) electrons. The number of halogens is 3. The fraction of sp³-hybridized carbons (Fsp3) is 0.600. The van der Waals surface area contributed by atoms with E-state index in [1.165, 1.54) is 6.07 Å². The van der Waals surface area contributed by atoms with Gasteiger partial charge in [0.25, 0.3) is 0 Å². The lowest BCUT2D eigenvalue weighted by atomic mass is 9.79. The zero-order chi connectivity index (χ0) is 13.9. The van der Waals surface area contributed by atoms with Crippen molar-refractivity contribution in [2.24, 2.45) is 11.3 Å². The second-order valence-electron chi connectivity index (χ2n) is 6.02. The molecule has 0 nitrogen and oxygen atoms in total. The van der Waals surface area contributed by atoms with E-state index in [9.17, 15) is 8.78 Å². The molecule has 0 saturated heterocycles. The third-order valence-electron chi connectivity index (χ3n) is 3.56. The molecule has 1 aromatic carbocycles. The lowest BCUT2D eigenvalue weighted by Crippen LogP contribution is -2.21. The third kappa shape index (κ3) is 4.24. The molecule has 0 N–H and O–H groups in total. The second kappa shape index (κ2) is 6.01. The van der Waals surface area contributed by atoms with Gasteiger partial charge in [-0.2, -0.15) is 0 Å². The summed E-state index contributed by atoms with van der Waals surface area (Å²) < 4.78 is 26.6. The first kappa shape index (κ1) is 15.4. The Labute approximate surface area is 113 Å². The minimum Gasteiger partial charge on any atom is -0.204 e. The Balaban J connectivity index is 2.65. The highest BCUT2D eigenvalue weighted by atomic mass is 35.5. The molecule has 3 heteroatoms. The third-order valence-corrected chi connectivity index (χ3v) is 3.89. The molecule has 0 spiro atoms. The summed E-state index contributed by atoms with van der Waals surface area (Å²) in [7, 11) is 0. The molecule has 0 aromatic heterocycles. The van der Waals surface area contributed by atoms with Crippen LogP contribution in [0.15, 0.2) is 18.2 Å². The molecule has 0 aliphatic carbocycles. The molecule has 1 rings (SSSR count). The first-order valence-electron chi connectivity index (χ1n) is 6.28. The number of alkyl halides is 1. The van der Waals surface area contributed by atoms with Crippen molar-refractivity contribution in [2.45, 2.75) is 45.9 Å². The van der Waals surface area contributed by atoms with Crippen LogP contribution in [0.2, 0.25) is 0 Å². The Morgan fingerprint density at radius 3 is 2.39 bits per heavy atom. The zero-order valence-corrected chi connectivity index (χ0v) is 12.2. The number of benzene rings is 1. The fourth-order valence-corrected chi connectivity index (χ4v) is 2.20. The van der Waals surface area contributed by atoms with Crippen molar-refractivity contribution in [1.29, 1.82) is 0 Å². The number of hydrogen-bond donors (Lipinski definition) is 0. The van der Waals surface area contributed by atoms with Crippen LogP contribution in [-0.4, -0.2) is 5.38 Å². The van der Waals surface area contributed by atoms with Gasteiger partial charge in [0, 0.05) is 5.38 Å². The van der Waals surface area contributed by atoms with Crippen molar-refractivity contribution in [1.82, 2.24) is 0 Å².